The lowest BCUT2D eigenvalue weighted by Crippen LogP contribution is -2.12. The molecule has 0 atom stereocenters. The number of H-pyrrole nitrogens is 1. The first-order valence-corrected chi connectivity index (χ1v) is 4.77. The van der Waals surface area contributed by atoms with Gasteiger partial charge in [0.05, 0.1) is 6.20 Å². The summed E-state index contributed by atoms with van der Waals surface area (Å²) in [5.41, 5.74) is 2.03. The third-order valence-electron chi connectivity index (χ3n) is 2.10. The number of benzene rings is 1. The lowest BCUT2D eigenvalue weighted by atomic mass is 10.2. The van der Waals surface area contributed by atoms with Crippen molar-refractivity contribution in [2.45, 2.75) is 13.1 Å². The molecule has 1 aromatic heterocycles. The number of hydrogen-bond donors (Lipinski definition) is 2. The van der Waals surface area contributed by atoms with Gasteiger partial charge in [0.15, 0.2) is 0 Å². The first-order valence-electron chi connectivity index (χ1n) is 4.77. The maximum absolute atomic E-state index is 12.8. The molecule has 0 unspecified atom stereocenters. The molecular formula is C11H12FN3. The van der Waals surface area contributed by atoms with Gasteiger partial charge < -0.3 is 5.32 Å². The number of aromatic nitrogens is 2. The lowest BCUT2D eigenvalue weighted by molar-refractivity contribution is 0.620. The number of halogens is 1. The van der Waals surface area contributed by atoms with Crippen molar-refractivity contribution in [3.05, 3.63) is 53.6 Å². The van der Waals surface area contributed by atoms with Crippen LogP contribution in [0.25, 0.3) is 0 Å². The fourth-order valence-electron chi connectivity index (χ4n) is 1.37. The molecule has 2 aromatic rings. The molecule has 0 bridgehead atoms. The Kier molecular flexibility index (Phi) is 3.09. The Labute approximate surface area is 87.3 Å². The molecule has 0 amide bonds. The highest BCUT2D eigenvalue weighted by molar-refractivity contribution is 5.16. The Morgan fingerprint density at radius 1 is 1.27 bits per heavy atom. The average Bonchev–Trinajstić information content (AvgIpc) is 2.71. The van der Waals surface area contributed by atoms with Crippen molar-refractivity contribution in [2.24, 2.45) is 0 Å². The molecule has 0 saturated heterocycles. The van der Waals surface area contributed by atoms with Gasteiger partial charge in [0.2, 0.25) is 0 Å². The number of hydrogen-bond acceptors (Lipinski definition) is 2. The van der Waals surface area contributed by atoms with E-state index in [-0.39, 0.29) is 5.82 Å². The van der Waals surface area contributed by atoms with E-state index in [1.165, 1.54) is 12.1 Å². The Balaban J connectivity index is 1.83. The smallest absolute Gasteiger partial charge is 0.123 e. The molecule has 0 spiro atoms. The lowest BCUT2D eigenvalue weighted by Gasteiger charge is -2.02. The molecule has 0 saturated carbocycles. The molecule has 0 aliphatic carbocycles. The van der Waals surface area contributed by atoms with Gasteiger partial charge in [-0.1, -0.05) is 12.1 Å². The summed E-state index contributed by atoms with van der Waals surface area (Å²) in [6.07, 6.45) is 3.59. The van der Waals surface area contributed by atoms with Crippen LogP contribution in [0.4, 0.5) is 4.39 Å². The molecule has 78 valence electrons. The van der Waals surface area contributed by atoms with Gasteiger partial charge in [-0.3, -0.25) is 5.10 Å². The zero-order valence-corrected chi connectivity index (χ0v) is 8.20. The van der Waals surface area contributed by atoms with Crippen LogP contribution in [0.2, 0.25) is 0 Å². The highest BCUT2D eigenvalue weighted by Gasteiger charge is 1.96. The summed E-state index contributed by atoms with van der Waals surface area (Å²) in [7, 11) is 0. The second-order valence-electron chi connectivity index (χ2n) is 3.34. The number of nitrogens with zero attached hydrogens (tertiary/aromatic N) is 1. The third kappa shape index (κ3) is 2.89. The normalized spacial score (nSPS) is 10.5. The summed E-state index contributed by atoms with van der Waals surface area (Å²) in [5.74, 6) is -0.197. The van der Waals surface area contributed by atoms with E-state index in [1.54, 1.807) is 12.3 Å². The molecule has 3 nitrogen and oxygen atoms in total. The van der Waals surface area contributed by atoms with Crippen LogP contribution in [0, 0.1) is 5.82 Å². The van der Waals surface area contributed by atoms with E-state index in [1.807, 2.05) is 12.3 Å². The topological polar surface area (TPSA) is 40.7 Å². The zero-order chi connectivity index (χ0) is 10.5. The van der Waals surface area contributed by atoms with E-state index in [0.717, 1.165) is 17.7 Å². The van der Waals surface area contributed by atoms with Crippen LogP contribution in [-0.2, 0) is 13.1 Å². The van der Waals surface area contributed by atoms with Gasteiger partial charge in [0.25, 0.3) is 0 Å². The fraction of sp³-hybridized carbons (Fsp3) is 0.182. The van der Waals surface area contributed by atoms with E-state index < -0.39 is 0 Å². The Bertz CT molecular complexity index is 412. The summed E-state index contributed by atoms with van der Waals surface area (Å²) in [6.45, 7) is 1.38. The Morgan fingerprint density at radius 2 is 2.13 bits per heavy atom. The molecule has 2 rings (SSSR count). The SMILES string of the molecule is Fc1cccc(CNCc2cn[nH]c2)c1. The van der Waals surface area contributed by atoms with Crippen molar-refractivity contribution in [2.75, 3.05) is 0 Å². The van der Waals surface area contributed by atoms with Gasteiger partial charge in [-0.05, 0) is 17.7 Å². The van der Waals surface area contributed by atoms with Crippen LogP contribution in [0.3, 0.4) is 0 Å². The number of aromatic amines is 1. The van der Waals surface area contributed by atoms with Gasteiger partial charge in [-0.25, -0.2) is 4.39 Å². The van der Waals surface area contributed by atoms with Gasteiger partial charge in [0.1, 0.15) is 5.82 Å². The Hall–Kier alpha value is -1.68. The van der Waals surface area contributed by atoms with E-state index in [2.05, 4.69) is 15.5 Å². The second kappa shape index (κ2) is 4.70. The quantitative estimate of drug-likeness (QED) is 0.799. The van der Waals surface area contributed by atoms with Gasteiger partial charge in [-0.2, -0.15) is 5.10 Å². The summed E-state index contributed by atoms with van der Waals surface area (Å²) >= 11 is 0. The Morgan fingerprint density at radius 3 is 2.87 bits per heavy atom. The van der Waals surface area contributed by atoms with Crippen molar-refractivity contribution in [1.82, 2.24) is 15.5 Å². The summed E-state index contributed by atoms with van der Waals surface area (Å²) in [5, 5.41) is 9.78. The molecule has 0 aliphatic heterocycles. The first-order chi connectivity index (χ1) is 7.34. The molecule has 1 aromatic carbocycles. The molecule has 15 heavy (non-hydrogen) atoms. The molecule has 4 heteroatoms. The third-order valence-corrected chi connectivity index (χ3v) is 2.10. The van der Waals surface area contributed by atoms with E-state index >= 15 is 0 Å². The predicted molar refractivity (Wildman–Crippen MR) is 55.5 cm³/mol. The maximum Gasteiger partial charge on any atom is 0.123 e. The minimum atomic E-state index is -0.197. The van der Waals surface area contributed by atoms with Crippen LogP contribution < -0.4 is 5.32 Å². The van der Waals surface area contributed by atoms with Crippen molar-refractivity contribution in [3.63, 3.8) is 0 Å². The van der Waals surface area contributed by atoms with Gasteiger partial charge >= 0.3 is 0 Å². The average molecular weight is 205 g/mol. The van der Waals surface area contributed by atoms with Crippen molar-refractivity contribution in [1.29, 1.82) is 0 Å². The summed E-state index contributed by atoms with van der Waals surface area (Å²) < 4.78 is 12.8. The molecule has 0 fully saturated rings. The molecular weight excluding hydrogens is 193 g/mol. The van der Waals surface area contributed by atoms with Crippen LogP contribution >= 0.6 is 0 Å². The van der Waals surface area contributed by atoms with Gasteiger partial charge in [0, 0.05) is 24.8 Å². The van der Waals surface area contributed by atoms with Crippen LogP contribution in [0.15, 0.2) is 36.7 Å². The minimum absolute atomic E-state index is 0.197. The van der Waals surface area contributed by atoms with E-state index in [9.17, 15) is 4.39 Å². The summed E-state index contributed by atoms with van der Waals surface area (Å²) in [6, 6.07) is 6.58. The largest absolute Gasteiger partial charge is 0.309 e. The molecule has 0 radical (unpaired) electrons. The van der Waals surface area contributed by atoms with Crippen molar-refractivity contribution < 1.29 is 4.39 Å². The fourth-order valence-corrected chi connectivity index (χ4v) is 1.37. The monoisotopic (exact) mass is 205 g/mol. The molecule has 1 heterocycles. The van der Waals surface area contributed by atoms with Gasteiger partial charge in [-0.15, -0.1) is 0 Å². The van der Waals surface area contributed by atoms with E-state index in [4.69, 9.17) is 0 Å². The maximum atomic E-state index is 12.8. The standard InChI is InChI=1S/C11H12FN3/c12-11-3-1-2-9(4-11)5-13-6-10-7-14-15-8-10/h1-4,7-8,13H,5-6H2,(H,14,15). The van der Waals surface area contributed by atoms with Crippen LogP contribution in [-0.4, -0.2) is 10.2 Å². The van der Waals surface area contributed by atoms with Crippen molar-refractivity contribution >= 4 is 0 Å². The second-order valence-corrected chi connectivity index (χ2v) is 3.34. The van der Waals surface area contributed by atoms with Crippen LogP contribution in [0.5, 0.6) is 0 Å². The highest BCUT2D eigenvalue weighted by Crippen LogP contribution is 2.03. The van der Waals surface area contributed by atoms with E-state index in [0.29, 0.717) is 6.54 Å². The number of nitrogens with one attached hydrogen (secondary N) is 2. The van der Waals surface area contributed by atoms with Crippen LogP contribution in [0.1, 0.15) is 11.1 Å². The zero-order valence-electron chi connectivity index (χ0n) is 8.20. The minimum Gasteiger partial charge on any atom is -0.309 e. The van der Waals surface area contributed by atoms with Crippen molar-refractivity contribution in [3.8, 4) is 0 Å². The molecule has 0 aliphatic rings. The first kappa shape index (κ1) is 9.86. The number of rotatable bonds is 4. The predicted octanol–water partition coefficient (Wildman–Crippen LogP) is 1.84. The molecule has 2 N–H and O–H groups in total. The highest BCUT2D eigenvalue weighted by atomic mass is 19.1. The summed E-state index contributed by atoms with van der Waals surface area (Å²) in [4.78, 5) is 0.